The van der Waals surface area contributed by atoms with Crippen LogP contribution in [-0.4, -0.2) is 18.5 Å². The van der Waals surface area contributed by atoms with Gasteiger partial charge in [0.25, 0.3) is 0 Å². The second kappa shape index (κ2) is 5.12. The van der Waals surface area contributed by atoms with Crippen LogP contribution in [-0.2, 0) is 4.79 Å². The molecule has 1 amide bonds. The van der Waals surface area contributed by atoms with Gasteiger partial charge < -0.3 is 10.1 Å². The van der Waals surface area contributed by atoms with Crippen molar-refractivity contribution in [2.45, 2.75) is 0 Å². The SMILES string of the molecule is COc1ccc(-c2ccc(NC=O)nc2)cc1. The Morgan fingerprint density at radius 2 is 1.82 bits per heavy atom. The van der Waals surface area contributed by atoms with Gasteiger partial charge in [-0.1, -0.05) is 12.1 Å². The Morgan fingerprint density at radius 1 is 1.12 bits per heavy atom. The summed E-state index contributed by atoms with van der Waals surface area (Å²) in [6.07, 6.45) is 2.32. The lowest BCUT2D eigenvalue weighted by atomic mass is 10.1. The number of ether oxygens (including phenoxy) is 1. The molecule has 0 atom stereocenters. The number of methoxy groups -OCH3 is 1. The van der Waals surface area contributed by atoms with Gasteiger partial charge in [0, 0.05) is 11.8 Å². The van der Waals surface area contributed by atoms with Gasteiger partial charge in [-0.25, -0.2) is 4.98 Å². The van der Waals surface area contributed by atoms with Gasteiger partial charge >= 0.3 is 0 Å². The summed E-state index contributed by atoms with van der Waals surface area (Å²) in [4.78, 5) is 14.3. The number of nitrogens with one attached hydrogen (secondary N) is 1. The smallest absolute Gasteiger partial charge is 0.212 e. The van der Waals surface area contributed by atoms with Crippen molar-refractivity contribution in [2.75, 3.05) is 12.4 Å². The van der Waals surface area contributed by atoms with E-state index in [4.69, 9.17) is 4.74 Å². The Hall–Kier alpha value is -2.36. The first-order chi connectivity index (χ1) is 8.33. The van der Waals surface area contributed by atoms with Crippen molar-refractivity contribution >= 4 is 12.2 Å². The number of carbonyl (C=O) groups excluding carboxylic acids is 1. The number of nitrogens with zero attached hydrogens (tertiary/aromatic N) is 1. The summed E-state index contributed by atoms with van der Waals surface area (Å²) in [7, 11) is 1.64. The quantitative estimate of drug-likeness (QED) is 0.817. The zero-order chi connectivity index (χ0) is 12.1. The minimum atomic E-state index is 0.539. The lowest BCUT2D eigenvalue weighted by molar-refractivity contribution is -0.105. The Kier molecular flexibility index (Phi) is 3.35. The van der Waals surface area contributed by atoms with Crippen LogP contribution < -0.4 is 10.1 Å². The van der Waals surface area contributed by atoms with E-state index in [1.165, 1.54) is 0 Å². The summed E-state index contributed by atoms with van der Waals surface area (Å²) in [5.41, 5.74) is 2.04. The van der Waals surface area contributed by atoms with Crippen LogP contribution in [0, 0.1) is 0 Å². The minimum Gasteiger partial charge on any atom is -0.497 e. The van der Waals surface area contributed by atoms with E-state index in [0.717, 1.165) is 16.9 Å². The minimum absolute atomic E-state index is 0.539. The van der Waals surface area contributed by atoms with Crippen LogP contribution >= 0.6 is 0 Å². The highest BCUT2D eigenvalue weighted by molar-refractivity contribution is 5.70. The number of rotatable bonds is 4. The zero-order valence-corrected chi connectivity index (χ0v) is 9.38. The molecule has 4 nitrogen and oxygen atoms in total. The fourth-order valence-corrected chi connectivity index (χ4v) is 1.49. The first-order valence-electron chi connectivity index (χ1n) is 5.14. The standard InChI is InChI=1S/C13H12N2O2/c1-17-12-5-2-10(3-6-12)11-4-7-13(14-8-11)15-9-16/h2-9H,1H3,(H,14,15,16). The van der Waals surface area contributed by atoms with E-state index in [9.17, 15) is 4.79 Å². The molecule has 2 aromatic rings. The van der Waals surface area contributed by atoms with Gasteiger partial charge in [0.1, 0.15) is 11.6 Å². The van der Waals surface area contributed by atoms with Crippen molar-refractivity contribution < 1.29 is 9.53 Å². The Balaban J connectivity index is 2.23. The summed E-state index contributed by atoms with van der Waals surface area (Å²) in [6, 6.07) is 11.4. The van der Waals surface area contributed by atoms with Crippen molar-refractivity contribution in [3.05, 3.63) is 42.6 Å². The average Bonchev–Trinajstić information content (AvgIpc) is 2.40. The highest BCUT2D eigenvalue weighted by Gasteiger charge is 1.99. The number of carbonyl (C=O) groups is 1. The summed E-state index contributed by atoms with van der Waals surface area (Å²) in [6.45, 7) is 0. The fraction of sp³-hybridized carbons (Fsp3) is 0.0769. The highest BCUT2D eigenvalue weighted by Crippen LogP contribution is 2.22. The van der Waals surface area contributed by atoms with Crippen LogP contribution in [0.2, 0.25) is 0 Å². The lowest BCUT2D eigenvalue weighted by Gasteiger charge is -2.04. The maximum atomic E-state index is 10.2. The number of aromatic nitrogens is 1. The van der Waals surface area contributed by atoms with Crippen molar-refractivity contribution in [1.29, 1.82) is 0 Å². The molecule has 1 N–H and O–H groups in total. The van der Waals surface area contributed by atoms with Crippen molar-refractivity contribution in [1.82, 2.24) is 4.98 Å². The molecule has 1 aromatic heterocycles. The second-order valence-electron chi connectivity index (χ2n) is 3.42. The Morgan fingerprint density at radius 3 is 2.35 bits per heavy atom. The molecule has 1 aromatic carbocycles. The number of hydrogen-bond acceptors (Lipinski definition) is 3. The molecule has 0 aliphatic rings. The van der Waals surface area contributed by atoms with E-state index in [1.807, 2.05) is 30.3 Å². The predicted molar refractivity (Wildman–Crippen MR) is 65.9 cm³/mol. The monoisotopic (exact) mass is 228 g/mol. The molecule has 0 saturated carbocycles. The normalized spacial score (nSPS) is 9.71. The van der Waals surface area contributed by atoms with Crippen LogP contribution in [0.5, 0.6) is 5.75 Å². The van der Waals surface area contributed by atoms with Crippen molar-refractivity contribution in [3.8, 4) is 16.9 Å². The maximum Gasteiger partial charge on any atom is 0.212 e. The summed E-state index contributed by atoms with van der Waals surface area (Å²) >= 11 is 0. The molecule has 0 radical (unpaired) electrons. The van der Waals surface area contributed by atoms with Crippen LogP contribution in [0.1, 0.15) is 0 Å². The molecule has 4 heteroatoms. The van der Waals surface area contributed by atoms with Gasteiger partial charge in [-0.05, 0) is 29.8 Å². The highest BCUT2D eigenvalue weighted by atomic mass is 16.5. The third-order valence-corrected chi connectivity index (χ3v) is 2.39. The third kappa shape index (κ3) is 2.60. The number of pyridine rings is 1. The molecule has 0 fully saturated rings. The van der Waals surface area contributed by atoms with E-state index in [0.29, 0.717) is 12.2 Å². The average molecular weight is 228 g/mol. The summed E-state index contributed by atoms with van der Waals surface area (Å²) < 4.78 is 5.09. The molecule has 17 heavy (non-hydrogen) atoms. The lowest BCUT2D eigenvalue weighted by Crippen LogP contribution is -1.95. The number of amides is 1. The topological polar surface area (TPSA) is 51.2 Å². The van der Waals surface area contributed by atoms with Gasteiger partial charge in [0.2, 0.25) is 6.41 Å². The van der Waals surface area contributed by atoms with Crippen LogP contribution in [0.3, 0.4) is 0 Å². The largest absolute Gasteiger partial charge is 0.497 e. The maximum absolute atomic E-state index is 10.2. The van der Waals surface area contributed by atoms with Crippen molar-refractivity contribution in [3.63, 3.8) is 0 Å². The van der Waals surface area contributed by atoms with Crippen LogP contribution in [0.15, 0.2) is 42.6 Å². The number of benzene rings is 1. The van der Waals surface area contributed by atoms with Crippen LogP contribution in [0.4, 0.5) is 5.82 Å². The van der Waals surface area contributed by atoms with Gasteiger partial charge in [0.05, 0.1) is 7.11 Å². The first kappa shape index (κ1) is 11.1. The second-order valence-corrected chi connectivity index (χ2v) is 3.42. The molecule has 0 aliphatic carbocycles. The van der Waals surface area contributed by atoms with E-state index in [1.54, 1.807) is 19.4 Å². The molecule has 1 heterocycles. The Bertz CT molecular complexity index is 492. The van der Waals surface area contributed by atoms with Crippen LogP contribution in [0.25, 0.3) is 11.1 Å². The van der Waals surface area contributed by atoms with E-state index in [2.05, 4.69) is 10.3 Å². The molecule has 0 spiro atoms. The predicted octanol–water partition coefficient (Wildman–Crippen LogP) is 2.33. The molecule has 2 rings (SSSR count). The summed E-state index contributed by atoms with van der Waals surface area (Å²) in [5, 5.41) is 2.49. The fourth-order valence-electron chi connectivity index (χ4n) is 1.49. The molecule has 0 unspecified atom stereocenters. The summed E-state index contributed by atoms with van der Waals surface area (Å²) in [5.74, 6) is 1.36. The van der Waals surface area contributed by atoms with Gasteiger partial charge in [-0.3, -0.25) is 4.79 Å². The molecular formula is C13H12N2O2. The number of anilines is 1. The number of hydrogen-bond donors (Lipinski definition) is 1. The Labute approximate surface area is 99.3 Å². The van der Waals surface area contributed by atoms with Gasteiger partial charge in [0.15, 0.2) is 0 Å². The molecular weight excluding hydrogens is 216 g/mol. The molecule has 0 aliphatic heterocycles. The molecule has 86 valence electrons. The van der Waals surface area contributed by atoms with Gasteiger partial charge in [-0.15, -0.1) is 0 Å². The van der Waals surface area contributed by atoms with E-state index >= 15 is 0 Å². The van der Waals surface area contributed by atoms with E-state index in [-0.39, 0.29) is 0 Å². The van der Waals surface area contributed by atoms with Crippen molar-refractivity contribution in [2.24, 2.45) is 0 Å². The third-order valence-electron chi connectivity index (χ3n) is 2.39. The zero-order valence-electron chi connectivity index (χ0n) is 9.38. The van der Waals surface area contributed by atoms with E-state index < -0.39 is 0 Å². The van der Waals surface area contributed by atoms with Gasteiger partial charge in [-0.2, -0.15) is 0 Å². The molecule has 0 saturated heterocycles. The first-order valence-corrected chi connectivity index (χ1v) is 5.14. The molecule has 0 bridgehead atoms.